The van der Waals surface area contributed by atoms with E-state index in [4.69, 9.17) is 9.47 Å². The molecule has 1 aliphatic rings. The van der Waals surface area contributed by atoms with Gasteiger partial charge in [0.15, 0.2) is 4.80 Å². The van der Waals surface area contributed by atoms with Crippen molar-refractivity contribution in [1.29, 1.82) is 0 Å². The number of thioether (sulfide) groups is 1. The molecule has 7 nitrogen and oxygen atoms in total. The van der Waals surface area contributed by atoms with Gasteiger partial charge in [-0.25, -0.2) is 0 Å². The van der Waals surface area contributed by atoms with Crippen LogP contribution in [0.1, 0.15) is 39.0 Å². The van der Waals surface area contributed by atoms with Crippen molar-refractivity contribution in [3.8, 4) is 5.75 Å². The normalized spacial score (nSPS) is 15.4. The molecule has 0 radical (unpaired) electrons. The number of fused-ring (bicyclic) bond motifs is 1. The Bertz CT molecular complexity index is 948. The van der Waals surface area contributed by atoms with Crippen LogP contribution in [0.5, 0.6) is 5.75 Å². The summed E-state index contributed by atoms with van der Waals surface area (Å²) in [6.45, 7) is 3.76. The zero-order valence-corrected chi connectivity index (χ0v) is 19.9. The van der Waals surface area contributed by atoms with Gasteiger partial charge in [-0.15, -0.1) is 11.8 Å². The molecule has 31 heavy (non-hydrogen) atoms. The molecular formula is C22H31N3O4S2. The maximum absolute atomic E-state index is 12.5. The zero-order chi connectivity index (χ0) is 22.1. The standard InChI is InChI=1S/C22H31N3O4S2/c1-3-29-12-11-25-18-10-9-17(28-2)13-19(18)31-22(25)24-21(27)15-30-14-20(26)23-16-7-5-4-6-8-16/h9-10,13,16H,3-8,11-12,14-15H2,1-2H3,(H,23,26). The van der Waals surface area contributed by atoms with Crippen molar-refractivity contribution in [3.63, 3.8) is 0 Å². The number of nitrogens with one attached hydrogen (secondary N) is 1. The topological polar surface area (TPSA) is 81.9 Å². The Labute approximate surface area is 191 Å². The lowest BCUT2D eigenvalue weighted by Gasteiger charge is -2.22. The molecule has 1 heterocycles. The first-order valence-electron chi connectivity index (χ1n) is 10.8. The summed E-state index contributed by atoms with van der Waals surface area (Å²) in [6.07, 6.45) is 5.73. The first-order valence-corrected chi connectivity index (χ1v) is 12.8. The first-order chi connectivity index (χ1) is 15.1. The van der Waals surface area contributed by atoms with Crippen LogP contribution in [0.25, 0.3) is 10.2 Å². The highest BCUT2D eigenvalue weighted by atomic mass is 32.2. The zero-order valence-electron chi connectivity index (χ0n) is 18.2. The third kappa shape index (κ3) is 7.08. The number of carbonyl (C=O) groups is 2. The Morgan fingerprint density at radius 3 is 2.81 bits per heavy atom. The third-order valence-corrected chi connectivity index (χ3v) is 7.16. The van der Waals surface area contributed by atoms with Crippen LogP contribution in [0.4, 0.5) is 0 Å². The molecule has 1 N–H and O–H groups in total. The number of rotatable bonds is 10. The Hall–Kier alpha value is -1.84. The quantitative estimate of drug-likeness (QED) is 0.544. The molecule has 1 saturated carbocycles. The summed E-state index contributed by atoms with van der Waals surface area (Å²) >= 11 is 2.77. The van der Waals surface area contributed by atoms with E-state index in [1.807, 2.05) is 29.7 Å². The van der Waals surface area contributed by atoms with E-state index in [1.165, 1.54) is 42.4 Å². The van der Waals surface area contributed by atoms with Crippen molar-refractivity contribution in [1.82, 2.24) is 9.88 Å². The van der Waals surface area contributed by atoms with Crippen molar-refractivity contribution >= 4 is 45.1 Å². The van der Waals surface area contributed by atoms with E-state index in [0.29, 0.717) is 30.6 Å². The fraction of sp³-hybridized carbons (Fsp3) is 0.591. The average Bonchev–Trinajstić information content (AvgIpc) is 3.10. The maximum atomic E-state index is 12.5. The number of amides is 2. The largest absolute Gasteiger partial charge is 0.497 e. The monoisotopic (exact) mass is 465 g/mol. The smallest absolute Gasteiger partial charge is 0.258 e. The Kier molecular flexibility index (Phi) is 9.42. The number of benzene rings is 1. The highest BCUT2D eigenvalue weighted by Gasteiger charge is 2.16. The van der Waals surface area contributed by atoms with Crippen molar-refractivity contribution in [2.24, 2.45) is 4.99 Å². The van der Waals surface area contributed by atoms with Gasteiger partial charge in [-0.05, 0) is 38.0 Å². The van der Waals surface area contributed by atoms with E-state index >= 15 is 0 Å². The van der Waals surface area contributed by atoms with Crippen LogP contribution < -0.4 is 14.9 Å². The summed E-state index contributed by atoms with van der Waals surface area (Å²) in [5.41, 5.74) is 0.997. The summed E-state index contributed by atoms with van der Waals surface area (Å²) in [5, 5.41) is 3.08. The average molecular weight is 466 g/mol. The van der Waals surface area contributed by atoms with E-state index in [2.05, 4.69) is 10.3 Å². The lowest BCUT2D eigenvalue weighted by molar-refractivity contribution is -0.119. The number of aromatic nitrogens is 1. The molecule has 0 atom stereocenters. The molecule has 3 rings (SSSR count). The Morgan fingerprint density at radius 2 is 2.06 bits per heavy atom. The molecule has 0 unspecified atom stereocenters. The van der Waals surface area contributed by atoms with Crippen LogP contribution in [-0.2, 0) is 20.9 Å². The van der Waals surface area contributed by atoms with Crippen LogP contribution in [-0.4, -0.2) is 54.3 Å². The number of methoxy groups -OCH3 is 1. The van der Waals surface area contributed by atoms with E-state index in [0.717, 1.165) is 28.8 Å². The molecule has 0 saturated heterocycles. The summed E-state index contributed by atoms with van der Waals surface area (Å²) < 4.78 is 13.8. The molecule has 0 aliphatic heterocycles. The molecular weight excluding hydrogens is 434 g/mol. The minimum Gasteiger partial charge on any atom is -0.497 e. The van der Waals surface area contributed by atoms with Gasteiger partial charge in [-0.3, -0.25) is 9.59 Å². The highest BCUT2D eigenvalue weighted by Crippen LogP contribution is 2.23. The summed E-state index contributed by atoms with van der Waals surface area (Å²) in [7, 11) is 1.63. The minimum atomic E-state index is -0.237. The predicted molar refractivity (Wildman–Crippen MR) is 126 cm³/mol. The lowest BCUT2D eigenvalue weighted by Crippen LogP contribution is -2.37. The molecule has 170 valence electrons. The molecule has 2 amide bonds. The number of hydrogen-bond donors (Lipinski definition) is 1. The molecule has 1 aromatic carbocycles. The van der Waals surface area contributed by atoms with Crippen LogP contribution in [0.15, 0.2) is 23.2 Å². The van der Waals surface area contributed by atoms with Gasteiger partial charge in [0.2, 0.25) is 5.91 Å². The van der Waals surface area contributed by atoms with E-state index in [9.17, 15) is 9.59 Å². The van der Waals surface area contributed by atoms with Gasteiger partial charge in [0, 0.05) is 19.2 Å². The van der Waals surface area contributed by atoms with Crippen molar-refractivity contribution in [2.75, 3.05) is 31.8 Å². The second kappa shape index (κ2) is 12.3. The SMILES string of the molecule is CCOCCn1c(=NC(=O)CSCC(=O)NC2CCCCC2)sc2cc(OC)ccc21. The first kappa shape index (κ1) is 23.8. The van der Waals surface area contributed by atoms with Gasteiger partial charge in [-0.1, -0.05) is 30.6 Å². The number of ether oxygens (including phenoxy) is 2. The van der Waals surface area contributed by atoms with Crippen LogP contribution >= 0.6 is 23.1 Å². The van der Waals surface area contributed by atoms with Crippen molar-refractivity contribution < 1.29 is 19.1 Å². The second-order valence-corrected chi connectivity index (χ2v) is 9.46. The number of thiazole rings is 1. The van der Waals surface area contributed by atoms with Crippen LogP contribution in [0.2, 0.25) is 0 Å². The molecule has 2 aromatic rings. The third-order valence-electron chi connectivity index (χ3n) is 5.20. The Balaban J connectivity index is 1.63. The Morgan fingerprint density at radius 1 is 1.26 bits per heavy atom. The summed E-state index contributed by atoms with van der Waals surface area (Å²) in [6, 6.07) is 6.12. The van der Waals surface area contributed by atoms with Crippen LogP contribution in [0, 0.1) is 0 Å². The fourth-order valence-electron chi connectivity index (χ4n) is 3.67. The number of carbonyl (C=O) groups excluding carboxylic acids is 2. The molecule has 1 aliphatic carbocycles. The van der Waals surface area contributed by atoms with Gasteiger partial charge in [0.1, 0.15) is 5.75 Å². The fourth-order valence-corrected chi connectivity index (χ4v) is 5.38. The number of nitrogens with zero attached hydrogens (tertiary/aromatic N) is 2. The van der Waals surface area contributed by atoms with E-state index in [-0.39, 0.29) is 23.3 Å². The van der Waals surface area contributed by atoms with Gasteiger partial charge in [0.25, 0.3) is 5.91 Å². The van der Waals surface area contributed by atoms with E-state index < -0.39 is 0 Å². The van der Waals surface area contributed by atoms with E-state index in [1.54, 1.807) is 7.11 Å². The summed E-state index contributed by atoms with van der Waals surface area (Å²) in [5.74, 6) is 1.00. The van der Waals surface area contributed by atoms with Crippen molar-refractivity contribution in [2.45, 2.75) is 51.6 Å². The highest BCUT2D eigenvalue weighted by molar-refractivity contribution is 8.00. The molecule has 1 fully saturated rings. The molecule has 1 aromatic heterocycles. The van der Waals surface area contributed by atoms with Gasteiger partial charge >= 0.3 is 0 Å². The number of hydrogen-bond acceptors (Lipinski definition) is 6. The van der Waals surface area contributed by atoms with Gasteiger partial charge < -0.3 is 19.4 Å². The maximum Gasteiger partial charge on any atom is 0.258 e. The molecule has 0 spiro atoms. The minimum absolute atomic E-state index is 0.00503. The lowest BCUT2D eigenvalue weighted by atomic mass is 9.95. The van der Waals surface area contributed by atoms with Gasteiger partial charge in [0.05, 0.1) is 35.4 Å². The summed E-state index contributed by atoms with van der Waals surface area (Å²) in [4.78, 5) is 29.6. The van der Waals surface area contributed by atoms with Crippen molar-refractivity contribution in [3.05, 3.63) is 23.0 Å². The molecule has 9 heteroatoms. The predicted octanol–water partition coefficient (Wildman–Crippen LogP) is 3.36. The second-order valence-electron chi connectivity index (χ2n) is 7.47. The van der Waals surface area contributed by atoms with Crippen LogP contribution in [0.3, 0.4) is 0 Å². The van der Waals surface area contributed by atoms with Gasteiger partial charge in [-0.2, -0.15) is 4.99 Å². The molecule has 0 bridgehead atoms.